The van der Waals surface area contributed by atoms with Gasteiger partial charge in [0.05, 0.1) is 11.4 Å². The Morgan fingerprint density at radius 1 is 1.28 bits per heavy atom. The number of hydrogen-bond acceptors (Lipinski definition) is 3. The maximum Gasteiger partial charge on any atom is 0.249 e. The molecule has 7 heteroatoms. The van der Waals surface area contributed by atoms with Gasteiger partial charge in [0.15, 0.2) is 0 Å². The standard InChI is InChI=1S/C18H15BrFN3O2/c1-25-10-23-16(17-13(18(21)24)3-2-4-14(17)19)9-15(22-23)11-5-7-12(20)8-6-11/h2-9H,10H2,1H3,(H2,21,24). The van der Waals surface area contributed by atoms with Crippen molar-refractivity contribution in [1.29, 1.82) is 0 Å². The van der Waals surface area contributed by atoms with Gasteiger partial charge in [0.1, 0.15) is 12.5 Å². The summed E-state index contributed by atoms with van der Waals surface area (Å²) in [4.78, 5) is 11.8. The van der Waals surface area contributed by atoms with Crippen LogP contribution in [0.5, 0.6) is 0 Å². The quantitative estimate of drug-likeness (QED) is 0.703. The van der Waals surface area contributed by atoms with Crippen molar-refractivity contribution >= 4 is 21.8 Å². The van der Waals surface area contributed by atoms with Crippen LogP contribution in [0, 0.1) is 5.82 Å². The number of carbonyl (C=O) groups is 1. The summed E-state index contributed by atoms with van der Waals surface area (Å²) >= 11 is 3.47. The number of primary amides is 1. The van der Waals surface area contributed by atoms with E-state index in [-0.39, 0.29) is 12.5 Å². The van der Waals surface area contributed by atoms with Gasteiger partial charge in [0.25, 0.3) is 0 Å². The van der Waals surface area contributed by atoms with Crippen molar-refractivity contribution in [2.75, 3.05) is 7.11 Å². The highest BCUT2D eigenvalue weighted by molar-refractivity contribution is 9.10. The van der Waals surface area contributed by atoms with Crippen LogP contribution in [0.1, 0.15) is 10.4 Å². The topological polar surface area (TPSA) is 70.1 Å². The average molecular weight is 404 g/mol. The first-order valence-corrected chi connectivity index (χ1v) is 8.22. The number of nitrogens with zero attached hydrogens (tertiary/aromatic N) is 2. The van der Waals surface area contributed by atoms with E-state index in [0.29, 0.717) is 27.0 Å². The zero-order valence-electron chi connectivity index (χ0n) is 13.4. The van der Waals surface area contributed by atoms with Crippen LogP contribution in [0.3, 0.4) is 0 Å². The highest BCUT2D eigenvalue weighted by Crippen LogP contribution is 2.34. The molecule has 25 heavy (non-hydrogen) atoms. The van der Waals surface area contributed by atoms with Crippen LogP contribution in [0.4, 0.5) is 4.39 Å². The largest absolute Gasteiger partial charge is 0.366 e. The summed E-state index contributed by atoms with van der Waals surface area (Å²) in [7, 11) is 1.55. The average Bonchev–Trinajstić information content (AvgIpc) is 2.99. The second kappa shape index (κ2) is 7.16. The number of halogens is 2. The van der Waals surface area contributed by atoms with E-state index in [1.165, 1.54) is 12.1 Å². The highest BCUT2D eigenvalue weighted by Gasteiger charge is 2.19. The zero-order chi connectivity index (χ0) is 18.0. The van der Waals surface area contributed by atoms with Crippen molar-refractivity contribution in [3.63, 3.8) is 0 Å². The van der Waals surface area contributed by atoms with Crippen molar-refractivity contribution < 1.29 is 13.9 Å². The molecule has 0 atom stereocenters. The lowest BCUT2D eigenvalue weighted by Gasteiger charge is -2.11. The molecule has 0 spiro atoms. The molecule has 1 heterocycles. The van der Waals surface area contributed by atoms with Gasteiger partial charge in [0, 0.05) is 28.3 Å². The first-order valence-electron chi connectivity index (χ1n) is 7.42. The molecule has 0 bridgehead atoms. The molecular formula is C18H15BrFN3O2. The Bertz CT molecular complexity index is 923. The molecule has 1 amide bonds. The fraction of sp³-hybridized carbons (Fsp3) is 0.111. The Hall–Kier alpha value is -2.51. The molecule has 0 unspecified atom stereocenters. The number of ether oxygens (including phenoxy) is 1. The Labute approximate surface area is 152 Å². The van der Waals surface area contributed by atoms with Crippen molar-refractivity contribution in [3.8, 4) is 22.5 Å². The minimum absolute atomic E-state index is 0.191. The smallest absolute Gasteiger partial charge is 0.249 e. The lowest BCUT2D eigenvalue weighted by Crippen LogP contribution is -2.14. The van der Waals surface area contributed by atoms with Gasteiger partial charge >= 0.3 is 0 Å². The molecule has 0 fully saturated rings. The molecule has 3 aromatic rings. The Morgan fingerprint density at radius 3 is 2.64 bits per heavy atom. The third-order valence-corrected chi connectivity index (χ3v) is 4.37. The number of carbonyl (C=O) groups excluding carboxylic acids is 1. The van der Waals surface area contributed by atoms with E-state index in [0.717, 1.165) is 5.56 Å². The summed E-state index contributed by atoms with van der Waals surface area (Å²) in [5.41, 5.74) is 8.58. The highest BCUT2D eigenvalue weighted by atomic mass is 79.9. The molecule has 3 rings (SSSR count). The number of aromatic nitrogens is 2. The van der Waals surface area contributed by atoms with E-state index < -0.39 is 5.91 Å². The van der Waals surface area contributed by atoms with Crippen LogP contribution in [-0.2, 0) is 11.5 Å². The van der Waals surface area contributed by atoms with Crippen LogP contribution in [0.2, 0.25) is 0 Å². The lowest BCUT2D eigenvalue weighted by molar-refractivity contribution is 0.100. The molecule has 2 N–H and O–H groups in total. The summed E-state index contributed by atoms with van der Waals surface area (Å²) in [5, 5.41) is 4.51. The van der Waals surface area contributed by atoms with Gasteiger partial charge in [-0.3, -0.25) is 4.79 Å². The van der Waals surface area contributed by atoms with Crippen molar-refractivity contribution in [1.82, 2.24) is 9.78 Å². The van der Waals surface area contributed by atoms with E-state index in [4.69, 9.17) is 10.5 Å². The van der Waals surface area contributed by atoms with Crippen molar-refractivity contribution in [2.24, 2.45) is 5.73 Å². The minimum Gasteiger partial charge on any atom is -0.366 e. The summed E-state index contributed by atoms with van der Waals surface area (Å²) in [6, 6.07) is 13.1. The van der Waals surface area contributed by atoms with Crippen LogP contribution >= 0.6 is 15.9 Å². The van der Waals surface area contributed by atoms with Crippen molar-refractivity contribution in [3.05, 3.63) is 64.4 Å². The molecule has 0 aliphatic heterocycles. The van der Waals surface area contributed by atoms with Crippen LogP contribution < -0.4 is 5.73 Å². The SMILES string of the molecule is COCn1nc(-c2ccc(F)cc2)cc1-c1c(Br)cccc1C(N)=O. The number of benzene rings is 2. The Kier molecular flexibility index (Phi) is 4.96. The van der Waals surface area contributed by atoms with Crippen LogP contribution in [0.25, 0.3) is 22.5 Å². The minimum atomic E-state index is -0.537. The zero-order valence-corrected chi connectivity index (χ0v) is 15.0. The summed E-state index contributed by atoms with van der Waals surface area (Å²) < 4.78 is 20.7. The number of nitrogens with two attached hydrogens (primary N) is 1. The summed E-state index contributed by atoms with van der Waals surface area (Å²) in [6.45, 7) is 0.191. The third-order valence-electron chi connectivity index (χ3n) is 3.71. The number of rotatable bonds is 5. The van der Waals surface area contributed by atoms with E-state index in [9.17, 15) is 9.18 Å². The van der Waals surface area contributed by atoms with Gasteiger partial charge in [-0.25, -0.2) is 9.07 Å². The van der Waals surface area contributed by atoms with E-state index in [2.05, 4.69) is 21.0 Å². The molecule has 128 valence electrons. The third kappa shape index (κ3) is 3.47. The summed E-state index contributed by atoms with van der Waals surface area (Å²) in [5.74, 6) is -0.855. The first kappa shape index (κ1) is 17.3. The van der Waals surface area contributed by atoms with Gasteiger partial charge in [-0.15, -0.1) is 0 Å². The molecule has 1 aromatic heterocycles. The number of amides is 1. The van der Waals surface area contributed by atoms with E-state index >= 15 is 0 Å². The first-order chi connectivity index (χ1) is 12.0. The van der Waals surface area contributed by atoms with Gasteiger partial charge in [0.2, 0.25) is 5.91 Å². The van der Waals surface area contributed by atoms with Gasteiger partial charge in [-0.05, 0) is 42.5 Å². The van der Waals surface area contributed by atoms with Gasteiger partial charge < -0.3 is 10.5 Å². The fourth-order valence-corrected chi connectivity index (χ4v) is 3.16. The monoisotopic (exact) mass is 403 g/mol. The molecule has 2 aromatic carbocycles. The van der Waals surface area contributed by atoms with Crippen molar-refractivity contribution in [2.45, 2.75) is 6.73 Å². The molecule has 0 aliphatic rings. The Morgan fingerprint density at radius 2 is 2.00 bits per heavy atom. The summed E-state index contributed by atoms with van der Waals surface area (Å²) in [6.07, 6.45) is 0. The Balaban J connectivity index is 2.20. The normalized spacial score (nSPS) is 10.8. The number of methoxy groups -OCH3 is 1. The molecule has 0 saturated carbocycles. The van der Waals surface area contributed by atoms with E-state index in [1.54, 1.807) is 36.1 Å². The van der Waals surface area contributed by atoms with Gasteiger partial charge in [-0.2, -0.15) is 5.10 Å². The molecule has 0 saturated heterocycles. The fourth-order valence-electron chi connectivity index (χ4n) is 2.59. The maximum absolute atomic E-state index is 13.2. The maximum atomic E-state index is 13.2. The second-order valence-corrected chi connectivity index (χ2v) is 6.22. The molecule has 0 radical (unpaired) electrons. The van der Waals surface area contributed by atoms with Crippen LogP contribution in [0.15, 0.2) is 53.0 Å². The number of hydrogen-bond donors (Lipinski definition) is 1. The molecule has 5 nitrogen and oxygen atoms in total. The van der Waals surface area contributed by atoms with E-state index in [1.807, 2.05) is 12.1 Å². The molecule has 0 aliphatic carbocycles. The second-order valence-electron chi connectivity index (χ2n) is 5.37. The predicted molar refractivity (Wildman–Crippen MR) is 96.3 cm³/mol. The van der Waals surface area contributed by atoms with Crippen LogP contribution in [-0.4, -0.2) is 22.8 Å². The molecular weight excluding hydrogens is 389 g/mol. The lowest BCUT2D eigenvalue weighted by atomic mass is 10.0. The van der Waals surface area contributed by atoms with Gasteiger partial charge in [-0.1, -0.05) is 22.0 Å². The predicted octanol–water partition coefficient (Wildman–Crippen LogP) is 3.82.